The molecule has 5 nitrogen and oxygen atoms in total. The van der Waals surface area contributed by atoms with Crippen molar-refractivity contribution in [1.82, 2.24) is 14.9 Å². The van der Waals surface area contributed by atoms with Crippen molar-refractivity contribution in [2.75, 3.05) is 38.6 Å². The van der Waals surface area contributed by atoms with Crippen molar-refractivity contribution >= 4 is 5.95 Å². The summed E-state index contributed by atoms with van der Waals surface area (Å²) < 4.78 is 0. The fraction of sp³-hybridized carbons (Fsp3) is 0.714. The third-order valence-electron chi connectivity index (χ3n) is 3.66. The van der Waals surface area contributed by atoms with Crippen molar-refractivity contribution in [3.8, 4) is 0 Å². The number of piperidine rings is 1. The van der Waals surface area contributed by atoms with Gasteiger partial charge in [0, 0.05) is 38.6 Å². The van der Waals surface area contributed by atoms with E-state index < -0.39 is 0 Å². The van der Waals surface area contributed by atoms with Crippen LogP contribution in [0.1, 0.15) is 31.2 Å². The van der Waals surface area contributed by atoms with Crippen LogP contribution in [0.15, 0.2) is 12.4 Å². The third kappa shape index (κ3) is 3.88. The molecule has 0 bridgehead atoms. The van der Waals surface area contributed by atoms with Crippen molar-refractivity contribution in [3.05, 3.63) is 18.0 Å². The maximum atomic E-state index is 5.79. The molecule has 0 radical (unpaired) electrons. The molecule has 2 N–H and O–H groups in total. The van der Waals surface area contributed by atoms with Gasteiger partial charge in [-0.15, -0.1) is 0 Å². The van der Waals surface area contributed by atoms with Crippen LogP contribution < -0.4 is 10.6 Å². The molecule has 0 amide bonds. The fourth-order valence-electron chi connectivity index (χ4n) is 2.69. The molecule has 5 heteroatoms. The predicted molar refractivity (Wildman–Crippen MR) is 78.4 cm³/mol. The molecule has 2 rings (SSSR count). The van der Waals surface area contributed by atoms with Gasteiger partial charge in [-0.2, -0.15) is 0 Å². The summed E-state index contributed by atoms with van der Waals surface area (Å²) in [5.41, 5.74) is 7.04. The number of likely N-dealkylation sites (tertiary alicyclic amines) is 1. The van der Waals surface area contributed by atoms with Crippen LogP contribution in [-0.4, -0.2) is 54.6 Å². The highest BCUT2D eigenvalue weighted by molar-refractivity contribution is 5.29. The Bertz CT molecular complexity index is 389. The van der Waals surface area contributed by atoms with E-state index in [1.165, 1.54) is 24.9 Å². The largest absolute Gasteiger partial charge is 0.342 e. The van der Waals surface area contributed by atoms with Gasteiger partial charge in [0.15, 0.2) is 0 Å². The molecular weight excluding hydrogens is 238 g/mol. The van der Waals surface area contributed by atoms with Crippen LogP contribution in [-0.2, 0) is 0 Å². The maximum absolute atomic E-state index is 5.79. The zero-order chi connectivity index (χ0) is 13.8. The standard InChI is InChI=1S/C14H25N5/c1-11(15)9-19(3)14-16-7-13(8-17-14)12-5-4-6-18(2)10-12/h7-8,11-12H,4-6,9-10,15H2,1-3H3. The Labute approximate surface area is 115 Å². The molecule has 1 saturated heterocycles. The van der Waals surface area contributed by atoms with Crippen molar-refractivity contribution < 1.29 is 0 Å². The Balaban J connectivity index is 2.01. The molecule has 1 aliphatic rings. The van der Waals surface area contributed by atoms with E-state index in [2.05, 4.69) is 21.9 Å². The second-order valence-corrected chi connectivity index (χ2v) is 5.78. The molecule has 0 aromatic carbocycles. The molecule has 0 saturated carbocycles. The average Bonchev–Trinajstić information content (AvgIpc) is 2.38. The molecule has 0 spiro atoms. The maximum Gasteiger partial charge on any atom is 0.225 e. The summed E-state index contributed by atoms with van der Waals surface area (Å²) in [6, 6.07) is 0.125. The minimum atomic E-state index is 0.125. The molecule has 19 heavy (non-hydrogen) atoms. The lowest BCUT2D eigenvalue weighted by molar-refractivity contribution is 0.250. The predicted octanol–water partition coefficient (Wildman–Crippen LogP) is 1.07. The summed E-state index contributed by atoms with van der Waals surface area (Å²) in [4.78, 5) is 13.3. The fourth-order valence-corrected chi connectivity index (χ4v) is 2.69. The number of hydrogen-bond acceptors (Lipinski definition) is 5. The van der Waals surface area contributed by atoms with Gasteiger partial charge in [-0.1, -0.05) is 0 Å². The Kier molecular flexibility index (Phi) is 4.71. The molecule has 1 aliphatic heterocycles. The van der Waals surface area contributed by atoms with E-state index in [1.807, 2.05) is 31.3 Å². The molecule has 1 aromatic rings. The Morgan fingerprint density at radius 3 is 2.74 bits per heavy atom. The van der Waals surface area contributed by atoms with Crippen molar-refractivity contribution in [2.45, 2.75) is 31.7 Å². The van der Waals surface area contributed by atoms with Crippen LogP contribution in [0.4, 0.5) is 5.95 Å². The number of hydrogen-bond donors (Lipinski definition) is 1. The summed E-state index contributed by atoms with van der Waals surface area (Å²) in [6.45, 7) is 5.07. The number of nitrogens with two attached hydrogens (primary N) is 1. The smallest absolute Gasteiger partial charge is 0.225 e. The van der Waals surface area contributed by atoms with Gasteiger partial charge in [-0.25, -0.2) is 9.97 Å². The molecule has 2 atom stereocenters. The summed E-state index contributed by atoms with van der Waals surface area (Å²) in [5, 5.41) is 0. The molecule has 1 aromatic heterocycles. The number of likely N-dealkylation sites (N-methyl/N-ethyl adjacent to an activating group) is 2. The lowest BCUT2D eigenvalue weighted by Crippen LogP contribution is -2.34. The van der Waals surface area contributed by atoms with Crippen LogP contribution in [0.5, 0.6) is 0 Å². The topological polar surface area (TPSA) is 58.3 Å². The van der Waals surface area contributed by atoms with Crippen molar-refractivity contribution in [1.29, 1.82) is 0 Å². The van der Waals surface area contributed by atoms with Gasteiger partial charge in [-0.3, -0.25) is 0 Å². The quantitative estimate of drug-likeness (QED) is 0.880. The first-order chi connectivity index (χ1) is 9.06. The first-order valence-electron chi connectivity index (χ1n) is 7.03. The molecule has 1 fully saturated rings. The third-order valence-corrected chi connectivity index (χ3v) is 3.66. The zero-order valence-electron chi connectivity index (χ0n) is 12.2. The van der Waals surface area contributed by atoms with Gasteiger partial charge in [0.2, 0.25) is 5.95 Å². The van der Waals surface area contributed by atoms with Crippen LogP contribution in [0.25, 0.3) is 0 Å². The Morgan fingerprint density at radius 1 is 1.47 bits per heavy atom. The summed E-state index contributed by atoms with van der Waals surface area (Å²) >= 11 is 0. The van der Waals surface area contributed by atoms with Gasteiger partial charge in [0.05, 0.1) is 0 Å². The van der Waals surface area contributed by atoms with E-state index in [0.717, 1.165) is 19.0 Å². The highest BCUT2D eigenvalue weighted by Crippen LogP contribution is 2.25. The van der Waals surface area contributed by atoms with E-state index >= 15 is 0 Å². The van der Waals surface area contributed by atoms with E-state index in [4.69, 9.17) is 5.73 Å². The van der Waals surface area contributed by atoms with E-state index in [-0.39, 0.29) is 6.04 Å². The highest BCUT2D eigenvalue weighted by atomic mass is 15.2. The lowest BCUT2D eigenvalue weighted by Gasteiger charge is -2.29. The van der Waals surface area contributed by atoms with Gasteiger partial charge >= 0.3 is 0 Å². The first kappa shape index (κ1) is 14.2. The highest BCUT2D eigenvalue weighted by Gasteiger charge is 2.19. The van der Waals surface area contributed by atoms with Gasteiger partial charge < -0.3 is 15.5 Å². The normalized spacial score (nSPS) is 22.2. The zero-order valence-corrected chi connectivity index (χ0v) is 12.2. The monoisotopic (exact) mass is 263 g/mol. The molecule has 2 unspecified atom stereocenters. The van der Waals surface area contributed by atoms with Gasteiger partial charge in [0.1, 0.15) is 0 Å². The molecule has 2 heterocycles. The Morgan fingerprint density at radius 2 is 2.16 bits per heavy atom. The Hall–Kier alpha value is -1.20. The molecule has 0 aliphatic carbocycles. The van der Waals surface area contributed by atoms with Crippen molar-refractivity contribution in [3.63, 3.8) is 0 Å². The second-order valence-electron chi connectivity index (χ2n) is 5.78. The van der Waals surface area contributed by atoms with Crippen LogP contribution in [0, 0.1) is 0 Å². The number of anilines is 1. The molecule has 106 valence electrons. The van der Waals surface area contributed by atoms with Crippen LogP contribution in [0.3, 0.4) is 0 Å². The number of aromatic nitrogens is 2. The van der Waals surface area contributed by atoms with E-state index in [0.29, 0.717) is 5.92 Å². The number of nitrogens with zero attached hydrogens (tertiary/aromatic N) is 4. The summed E-state index contributed by atoms with van der Waals surface area (Å²) in [5.74, 6) is 1.33. The summed E-state index contributed by atoms with van der Waals surface area (Å²) in [6.07, 6.45) is 6.45. The van der Waals surface area contributed by atoms with E-state index in [1.54, 1.807) is 0 Å². The van der Waals surface area contributed by atoms with Crippen LogP contribution >= 0.6 is 0 Å². The summed E-state index contributed by atoms with van der Waals surface area (Å²) in [7, 11) is 4.16. The van der Waals surface area contributed by atoms with E-state index in [9.17, 15) is 0 Å². The average molecular weight is 263 g/mol. The van der Waals surface area contributed by atoms with Gasteiger partial charge in [-0.05, 0) is 44.8 Å². The molecular formula is C14H25N5. The van der Waals surface area contributed by atoms with Crippen LogP contribution in [0.2, 0.25) is 0 Å². The SMILES string of the molecule is CC(N)CN(C)c1ncc(C2CCCN(C)C2)cn1. The second kappa shape index (κ2) is 6.30. The minimum absolute atomic E-state index is 0.125. The number of rotatable bonds is 4. The van der Waals surface area contributed by atoms with Crippen molar-refractivity contribution in [2.24, 2.45) is 5.73 Å². The first-order valence-corrected chi connectivity index (χ1v) is 7.03. The minimum Gasteiger partial charge on any atom is -0.342 e. The van der Waals surface area contributed by atoms with Gasteiger partial charge in [0.25, 0.3) is 0 Å². The lowest BCUT2D eigenvalue weighted by atomic mass is 9.93.